The molecule has 0 amide bonds. The molecular formula is C11H18N2. The van der Waals surface area contributed by atoms with E-state index in [1.165, 1.54) is 38.6 Å². The lowest BCUT2D eigenvalue weighted by Crippen LogP contribution is -2.35. The van der Waals surface area contributed by atoms with Crippen molar-refractivity contribution in [1.82, 2.24) is 4.90 Å². The molecule has 0 spiro atoms. The van der Waals surface area contributed by atoms with Gasteiger partial charge in [0.15, 0.2) is 0 Å². The van der Waals surface area contributed by atoms with Gasteiger partial charge in [-0.1, -0.05) is 12.8 Å². The predicted molar refractivity (Wildman–Crippen MR) is 52.2 cm³/mol. The molecule has 0 unspecified atom stereocenters. The highest BCUT2D eigenvalue weighted by Crippen LogP contribution is 2.35. The molecule has 2 atom stereocenters. The predicted octanol–water partition coefficient (Wildman–Crippen LogP) is 2.16. The Morgan fingerprint density at radius 2 is 2.08 bits per heavy atom. The average Bonchev–Trinajstić information content (AvgIpc) is 2.58. The van der Waals surface area contributed by atoms with Gasteiger partial charge in [0.1, 0.15) is 0 Å². The lowest BCUT2D eigenvalue weighted by atomic mass is 9.85. The zero-order chi connectivity index (χ0) is 9.10. The van der Waals surface area contributed by atoms with Crippen LogP contribution in [-0.4, -0.2) is 24.0 Å². The zero-order valence-corrected chi connectivity index (χ0v) is 8.21. The van der Waals surface area contributed by atoms with Gasteiger partial charge in [-0.05, 0) is 31.7 Å². The highest BCUT2D eigenvalue weighted by Gasteiger charge is 2.34. The van der Waals surface area contributed by atoms with Crippen LogP contribution in [0.15, 0.2) is 0 Å². The molecule has 0 aromatic heterocycles. The molecular weight excluding hydrogens is 160 g/mol. The van der Waals surface area contributed by atoms with Crippen molar-refractivity contribution >= 4 is 0 Å². The minimum absolute atomic E-state index is 0.712. The third-order valence-corrected chi connectivity index (χ3v) is 3.64. The molecule has 0 aromatic carbocycles. The molecule has 2 rings (SSSR count). The summed E-state index contributed by atoms with van der Waals surface area (Å²) in [6, 6.07) is 3.08. The molecule has 72 valence electrons. The average molecular weight is 178 g/mol. The van der Waals surface area contributed by atoms with E-state index >= 15 is 0 Å². The van der Waals surface area contributed by atoms with Crippen molar-refractivity contribution in [2.75, 3.05) is 13.1 Å². The van der Waals surface area contributed by atoms with Crippen LogP contribution in [0.4, 0.5) is 0 Å². The van der Waals surface area contributed by atoms with Crippen molar-refractivity contribution < 1.29 is 0 Å². The summed E-state index contributed by atoms with van der Waals surface area (Å²) < 4.78 is 0. The first-order valence-corrected chi connectivity index (χ1v) is 5.53. The molecule has 2 fully saturated rings. The Kier molecular flexibility index (Phi) is 2.85. The molecule has 2 heteroatoms. The topological polar surface area (TPSA) is 27.0 Å². The molecule has 0 bridgehead atoms. The van der Waals surface area contributed by atoms with Crippen LogP contribution in [0.3, 0.4) is 0 Å². The molecule has 1 heterocycles. The summed E-state index contributed by atoms with van der Waals surface area (Å²) in [6.45, 7) is 2.26. The molecule has 1 aliphatic heterocycles. The molecule has 0 aromatic rings. The lowest BCUT2D eigenvalue weighted by Gasteiger charge is -2.31. The Balaban J connectivity index is 1.88. The SMILES string of the molecule is N#CCCN1CC[C@@H]2CCCC[C@@H]21. The van der Waals surface area contributed by atoms with Crippen molar-refractivity contribution in [2.45, 2.75) is 44.6 Å². The Bertz CT molecular complexity index is 207. The summed E-state index contributed by atoms with van der Waals surface area (Å²) >= 11 is 0. The first-order valence-electron chi connectivity index (χ1n) is 5.53. The monoisotopic (exact) mass is 178 g/mol. The third kappa shape index (κ3) is 1.86. The first kappa shape index (κ1) is 9.02. The summed E-state index contributed by atoms with van der Waals surface area (Å²) in [5.41, 5.74) is 0. The van der Waals surface area contributed by atoms with Crippen LogP contribution in [0.2, 0.25) is 0 Å². The highest BCUT2D eigenvalue weighted by molar-refractivity contribution is 4.90. The van der Waals surface area contributed by atoms with Gasteiger partial charge in [-0.3, -0.25) is 4.90 Å². The summed E-state index contributed by atoms with van der Waals surface area (Å²) in [4.78, 5) is 2.55. The maximum atomic E-state index is 8.55. The summed E-state index contributed by atoms with van der Waals surface area (Å²) in [5, 5.41) is 8.55. The van der Waals surface area contributed by atoms with Crippen molar-refractivity contribution in [1.29, 1.82) is 5.26 Å². The Hall–Kier alpha value is -0.550. The van der Waals surface area contributed by atoms with Gasteiger partial charge in [-0.25, -0.2) is 0 Å². The van der Waals surface area contributed by atoms with E-state index in [2.05, 4.69) is 11.0 Å². The Labute approximate surface area is 80.5 Å². The summed E-state index contributed by atoms with van der Waals surface area (Å²) in [5.74, 6) is 0.965. The number of nitriles is 1. The molecule has 13 heavy (non-hydrogen) atoms. The van der Waals surface area contributed by atoms with Crippen LogP contribution in [0.5, 0.6) is 0 Å². The zero-order valence-electron chi connectivity index (χ0n) is 8.21. The Morgan fingerprint density at radius 3 is 2.92 bits per heavy atom. The van der Waals surface area contributed by atoms with E-state index in [9.17, 15) is 0 Å². The molecule has 1 saturated carbocycles. The molecule has 1 saturated heterocycles. The number of rotatable bonds is 2. The fourth-order valence-electron chi connectivity index (χ4n) is 2.97. The largest absolute Gasteiger partial charge is 0.299 e. The third-order valence-electron chi connectivity index (χ3n) is 3.64. The van der Waals surface area contributed by atoms with E-state index in [0.29, 0.717) is 6.42 Å². The number of nitrogens with zero attached hydrogens (tertiary/aromatic N) is 2. The molecule has 0 radical (unpaired) electrons. The molecule has 2 nitrogen and oxygen atoms in total. The van der Waals surface area contributed by atoms with Crippen LogP contribution >= 0.6 is 0 Å². The van der Waals surface area contributed by atoms with E-state index in [0.717, 1.165) is 18.5 Å². The maximum absolute atomic E-state index is 8.55. The quantitative estimate of drug-likeness (QED) is 0.648. The molecule has 1 aliphatic carbocycles. The van der Waals surface area contributed by atoms with Crippen LogP contribution < -0.4 is 0 Å². The summed E-state index contributed by atoms with van der Waals surface area (Å²) in [6.07, 6.45) is 7.76. The molecule has 2 aliphatic rings. The second-order valence-corrected chi connectivity index (χ2v) is 4.34. The smallest absolute Gasteiger partial charge is 0.0635 e. The van der Waals surface area contributed by atoms with Crippen molar-refractivity contribution in [3.05, 3.63) is 0 Å². The van der Waals surface area contributed by atoms with Crippen molar-refractivity contribution in [3.63, 3.8) is 0 Å². The standard InChI is InChI=1S/C11H18N2/c12-7-3-8-13-9-6-10-4-1-2-5-11(10)13/h10-11H,1-6,8-9H2/t10-,11-/m0/s1. The van der Waals surface area contributed by atoms with Crippen LogP contribution in [0.25, 0.3) is 0 Å². The van der Waals surface area contributed by atoms with E-state index in [-0.39, 0.29) is 0 Å². The summed E-state index contributed by atoms with van der Waals surface area (Å²) in [7, 11) is 0. The van der Waals surface area contributed by atoms with Crippen molar-refractivity contribution in [2.24, 2.45) is 5.92 Å². The second-order valence-electron chi connectivity index (χ2n) is 4.34. The lowest BCUT2D eigenvalue weighted by molar-refractivity contribution is 0.186. The van der Waals surface area contributed by atoms with E-state index in [4.69, 9.17) is 5.26 Å². The van der Waals surface area contributed by atoms with Gasteiger partial charge < -0.3 is 0 Å². The van der Waals surface area contributed by atoms with E-state index < -0.39 is 0 Å². The number of likely N-dealkylation sites (tertiary alicyclic amines) is 1. The fourth-order valence-corrected chi connectivity index (χ4v) is 2.97. The van der Waals surface area contributed by atoms with Gasteiger partial charge in [0, 0.05) is 19.0 Å². The number of fused-ring (bicyclic) bond motifs is 1. The number of hydrogen-bond acceptors (Lipinski definition) is 2. The maximum Gasteiger partial charge on any atom is 0.0635 e. The van der Waals surface area contributed by atoms with Gasteiger partial charge in [-0.15, -0.1) is 0 Å². The van der Waals surface area contributed by atoms with Crippen LogP contribution in [-0.2, 0) is 0 Å². The van der Waals surface area contributed by atoms with Gasteiger partial charge in [0.05, 0.1) is 6.07 Å². The van der Waals surface area contributed by atoms with Gasteiger partial charge >= 0.3 is 0 Å². The fraction of sp³-hybridized carbons (Fsp3) is 0.909. The number of hydrogen-bond donors (Lipinski definition) is 0. The van der Waals surface area contributed by atoms with Gasteiger partial charge in [-0.2, -0.15) is 5.26 Å². The molecule has 0 N–H and O–H groups in total. The highest BCUT2D eigenvalue weighted by atomic mass is 15.2. The Morgan fingerprint density at radius 1 is 1.23 bits per heavy atom. The van der Waals surface area contributed by atoms with Crippen LogP contribution in [0, 0.1) is 17.2 Å². The normalized spacial score (nSPS) is 34.1. The van der Waals surface area contributed by atoms with E-state index in [1.54, 1.807) is 0 Å². The second kappa shape index (κ2) is 4.11. The van der Waals surface area contributed by atoms with Crippen molar-refractivity contribution in [3.8, 4) is 6.07 Å². The van der Waals surface area contributed by atoms with Crippen LogP contribution in [0.1, 0.15) is 38.5 Å². The van der Waals surface area contributed by atoms with Gasteiger partial charge in [0.2, 0.25) is 0 Å². The minimum Gasteiger partial charge on any atom is -0.299 e. The minimum atomic E-state index is 0.712. The van der Waals surface area contributed by atoms with E-state index in [1.807, 2.05) is 0 Å². The first-order chi connectivity index (χ1) is 6.42. The van der Waals surface area contributed by atoms with Gasteiger partial charge in [0.25, 0.3) is 0 Å².